The first kappa shape index (κ1) is 22.0. The molecule has 0 unspecified atom stereocenters. The molecule has 23 heavy (non-hydrogen) atoms. The van der Waals surface area contributed by atoms with Crippen molar-refractivity contribution in [3.8, 4) is 0 Å². The quantitative estimate of drug-likeness (QED) is 0.109. The highest BCUT2D eigenvalue weighted by Crippen LogP contribution is 2.20. The summed E-state index contributed by atoms with van der Waals surface area (Å²) >= 11 is 0. The van der Waals surface area contributed by atoms with Crippen LogP contribution in [0.1, 0.15) is 46.0 Å². The Labute approximate surface area is 144 Å². The molecule has 0 saturated carbocycles. The lowest BCUT2D eigenvalue weighted by Crippen LogP contribution is -2.20. The maximum Gasteiger partial charge on any atom is 0.313 e. The maximum absolute atomic E-state index is 12.0. The monoisotopic (exact) mass is 367 g/mol. The van der Waals surface area contributed by atoms with E-state index in [1.54, 1.807) is 0 Å². The minimum absolute atomic E-state index is 0.0299. The van der Waals surface area contributed by atoms with E-state index in [4.69, 9.17) is 4.74 Å². The third-order valence-corrected chi connectivity index (χ3v) is 5.26. The summed E-state index contributed by atoms with van der Waals surface area (Å²) in [5, 5.41) is 9.08. The van der Waals surface area contributed by atoms with Crippen LogP contribution in [0.2, 0.25) is 0 Å². The van der Waals surface area contributed by atoms with Gasteiger partial charge in [-0.2, -0.15) is 0 Å². The minimum Gasteiger partial charge on any atom is -0.464 e. The van der Waals surface area contributed by atoms with Crippen LogP contribution in [0.25, 0.3) is 0 Å². The van der Waals surface area contributed by atoms with Gasteiger partial charge in [-0.3, -0.25) is 9.59 Å². The molecule has 0 bridgehead atoms. The van der Waals surface area contributed by atoms with Crippen LogP contribution in [0, 0.1) is 16.0 Å². The van der Waals surface area contributed by atoms with Crippen molar-refractivity contribution in [2.24, 2.45) is 5.92 Å². The molecule has 0 aromatic heterocycles. The lowest BCUT2D eigenvalue weighted by Gasteiger charge is -2.13. The van der Waals surface area contributed by atoms with Gasteiger partial charge in [-0.25, -0.2) is 0 Å². The lowest BCUT2D eigenvalue weighted by atomic mass is 9.92. The zero-order valence-corrected chi connectivity index (χ0v) is 15.3. The Hall–Kier alpha value is -0.960. The second kappa shape index (κ2) is 14.6. The van der Waals surface area contributed by atoms with Gasteiger partial charge in [0, 0.05) is 17.4 Å². The molecule has 0 heterocycles. The van der Waals surface area contributed by atoms with Gasteiger partial charge in [0.2, 0.25) is 0 Å². The van der Waals surface area contributed by atoms with E-state index in [-0.39, 0.29) is 31.3 Å². The van der Waals surface area contributed by atoms with E-state index in [1.807, 2.05) is 13.8 Å². The molecule has 134 valence electrons. The number of carbonyl (C=O) groups excluding carboxylic acids is 2. The van der Waals surface area contributed by atoms with Gasteiger partial charge < -0.3 is 9.57 Å². The average molecular weight is 367 g/mol. The number of nitrogens with zero attached hydrogens (tertiary/aromatic N) is 1. The molecule has 0 fully saturated rings. The minimum atomic E-state index is -0.825. The molecule has 0 atom stereocenters. The molecule has 0 N–H and O–H groups in total. The summed E-state index contributed by atoms with van der Waals surface area (Å²) in [5.41, 5.74) is 0. The largest absolute Gasteiger partial charge is 0.464 e. The summed E-state index contributed by atoms with van der Waals surface area (Å²) in [6, 6.07) is 0. The van der Waals surface area contributed by atoms with Gasteiger partial charge in [-0.1, -0.05) is 48.3 Å². The van der Waals surface area contributed by atoms with Gasteiger partial charge in [0.05, 0.1) is 0 Å². The highest BCUT2D eigenvalue weighted by molar-refractivity contribution is 8.76. The number of carbonyl (C=O) groups is 2. The molecular weight excluding hydrogens is 342 g/mol. The summed E-state index contributed by atoms with van der Waals surface area (Å²) in [6.45, 7) is 4.32. The van der Waals surface area contributed by atoms with Crippen molar-refractivity contribution in [3.63, 3.8) is 0 Å². The van der Waals surface area contributed by atoms with Crippen LogP contribution in [0.4, 0.5) is 0 Å². The molecule has 0 aromatic rings. The van der Waals surface area contributed by atoms with E-state index in [0.717, 1.165) is 25.7 Å². The standard InChI is InChI=1S/C14H25NO6S2/c1-3-5-12(6-4-2)13(16)11-14(17)20-7-9-22-23-10-8-21-15(18)19/h12H,3-11H2,1-2H3. The van der Waals surface area contributed by atoms with Gasteiger partial charge in [-0.15, -0.1) is 10.1 Å². The van der Waals surface area contributed by atoms with Crippen LogP contribution >= 0.6 is 21.6 Å². The zero-order chi connectivity index (χ0) is 17.5. The third kappa shape index (κ3) is 13.2. The summed E-state index contributed by atoms with van der Waals surface area (Å²) in [4.78, 5) is 37.7. The highest BCUT2D eigenvalue weighted by atomic mass is 33.1. The summed E-state index contributed by atoms with van der Waals surface area (Å²) < 4.78 is 5.03. The number of rotatable bonds is 15. The topological polar surface area (TPSA) is 95.7 Å². The average Bonchev–Trinajstić information content (AvgIpc) is 2.49. The molecule has 0 radical (unpaired) electrons. The van der Waals surface area contributed by atoms with Crippen LogP contribution in [0.5, 0.6) is 0 Å². The molecule has 0 aliphatic carbocycles. The van der Waals surface area contributed by atoms with Crippen molar-refractivity contribution in [1.82, 2.24) is 0 Å². The van der Waals surface area contributed by atoms with Crippen molar-refractivity contribution in [3.05, 3.63) is 10.1 Å². The molecule has 9 heteroatoms. The Morgan fingerprint density at radius 3 is 2.17 bits per heavy atom. The number of Topliss-reactive ketones (excluding diaryl/α,β-unsaturated/α-hetero) is 1. The molecule has 7 nitrogen and oxygen atoms in total. The summed E-state index contributed by atoms with van der Waals surface area (Å²) in [7, 11) is 2.85. The second-order valence-corrected chi connectivity index (χ2v) is 7.54. The van der Waals surface area contributed by atoms with Crippen LogP contribution in [-0.2, 0) is 19.2 Å². The first-order valence-corrected chi connectivity index (χ1v) is 10.2. The fourth-order valence-electron chi connectivity index (χ4n) is 1.95. The van der Waals surface area contributed by atoms with Gasteiger partial charge in [0.1, 0.15) is 25.4 Å². The summed E-state index contributed by atoms with van der Waals surface area (Å²) in [6.07, 6.45) is 3.34. The SMILES string of the molecule is CCCC(CCC)C(=O)CC(=O)OCCSSCCO[N+](=O)[O-]. The molecular formula is C14H25NO6S2. The Bertz CT molecular complexity index is 361. The van der Waals surface area contributed by atoms with Crippen molar-refractivity contribution in [1.29, 1.82) is 0 Å². The van der Waals surface area contributed by atoms with Gasteiger partial charge in [0.25, 0.3) is 5.09 Å². The maximum atomic E-state index is 12.0. The third-order valence-electron chi connectivity index (χ3n) is 2.92. The van der Waals surface area contributed by atoms with Crippen LogP contribution < -0.4 is 0 Å². The Morgan fingerprint density at radius 1 is 1.09 bits per heavy atom. The molecule has 0 saturated heterocycles. The van der Waals surface area contributed by atoms with E-state index >= 15 is 0 Å². The molecule has 0 aliphatic heterocycles. The number of esters is 1. The van der Waals surface area contributed by atoms with Crippen molar-refractivity contribution >= 4 is 33.3 Å². The van der Waals surface area contributed by atoms with Crippen LogP contribution in [0.3, 0.4) is 0 Å². The summed E-state index contributed by atoms with van der Waals surface area (Å²) in [5.74, 6) is 0.501. The number of hydrogen-bond donors (Lipinski definition) is 0. The normalized spacial score (nSPS) is 10.6. The Morgan fingerprint density at radius 2 is 1.65 bits per heavy atom. The number of hydrogen-bond acceptors (Lipinski definition) is 8. The molecule has 0 aliphatic rings. The lowest BCUT2D eigenvalue weighted by molar-refractivity contribution is -0.756. The van der Waals surface area contributed by atoms with E-state index < -0.39 is 11.1 Å². The predicted octanol–water partition coefficient (Wildman–Crippen LogP) is 3.29. The fraction of sp³-hybridized carbons (Fsp3) is 0.857. The van der Waals surface area contributed by atoms with E-state index in [2.05, 4.69) is 4.84 Å². The van der Waals surface area contributed by atoms with Crippen molar-refractivity contribution in [2.45, 2.75) is 46.0 Å². The Kier molecular flexibility index (Phi) is 14.0. The van der Waals surface area contributed by atoms with Crippen molar-refractivity contribution in [2.75, 3.05) is 24.7 Å². The second-order valence-electron chi connectivity index (χ2n) is 4.84. The highest BCUT2D eigenvalue weighted by Gasteiger charge is 2.20. The van der Waals surface area contributed by atoms with Crippen molar-refractivity contribution < 1.29 is 24.3 Å². The van der Waals surface area contributed by atoms with E-state index in [9.17, 15) is 19.7 Å². The van der Waals surface area contributed by atoms with Crippen LogP contribution in [-0.4, -0.2) is 41.6 Å². The van der Waals surface area contributed by atoms with Gasteiger partial charge >= 0.3 is 5.97 Å². The van der Waals surface area contributed by atoms with E-state index in [1.165, 1.54) is 21.6 Å². The predicted molar refractivity (Wildman–Crippen MR) is 91.8 cm³/mol. The van der Waals surface area contributed by atoms with Crippen LogP contribution in [0.15, 0.2) is 0 Å². The molecule has 0 aromatic carbocycles. The fourth-order valence-corrected chi connectivity index (χ4v) is 3.60. The molecule has 0 amide bonds. The van der Waals surface area contributed by atoms with E-state index in [0.29, 0.717) is 11.5 Å². The molecule has 0 spiro atoms. The zero-order valence-electron chi connectivity index (χ0n) is 13.7. The smallest absolute Gasteiger partial charge is 0.313 e. The van der Waals surface area contributed by atoms with Gasteiger partial charge in [0.15, 0.2) is 0 Å². The Balaban J connectivity index is 3.69. The first-order chi connectivity index (χ1) is 11.0. The number of ketones is 1. The first-order valence-electron chi connectivity index (χ1n) is 7.71. The molecule has 0 rings (SSSR count). The van der Waals surface area contributed by atoms with Gasteiger partial charge in [-0.05, 0) is 12.8 Å². The number of ether oxygens (including phenoxy) is 1.